The highest BCUT2D eigenvalue weighted by Crippen LogP contribution is 2.49. The van der Waals surface area contributed by atoms with Crippen LogP contribution in [0.25, 0.3) is 0 Å². The normalized spacial score (nSPS) is 20.6. The van der Waals surface area contributed by atoms with Gasteiger partial charge in [0, 0.05) is 6.42 Å². The maximum atomic E-state index is 13.1. The van der Waals surface area contributed by atoms with E-state index in [1.165, 1.54) is 13.2 Å². The molecule has 1 atom stereocenters. The lowest BCUT2D eigenvalue weighted by Crippen LogP contribution is -2.54. The summed E-state index contributed by atoms with van der Waals surface area (Å²) in [5, 5.41) is 2.18. The van der Waals surface area contributed by atoms with Crippen LogP contribution < -0.4 is 10.1 Å². The SMILES string of the molecule is COC(=O)C1(c2ccc(COc3cccc4c3C(=O)N(C3CCC(=O)NC3=O)C4=O)cc2)CC1. The van der Waals surface area contributed by atoms with Crippen LogP contribution in [0.15, 0.2) is 42.5 Å². The number of carbonyl (C=O) groups excluding carboxylic acids is 5. The van der Waals surface area contributed by atoms with Crippen LogP contribution in [0.2, 0.25) is 0 Å². The van der Waals surface area contributed by atoms with Crippen molar-refractivity contribution in [2.24, 2.45) is 0 Å². The van der Waals surface area contributed by atoms with E-state index in [0.29, 0.717) is 0 Å². The van der Waals surface area contributed by atoms with E-state index in [4.69, 9.17) is 9.47 Å². The van der Waals surface area contributed by atoms with Crippen LogP contribution in [0.5, 0.6) is 5.75 Å². The number of ether oxygens (including phenoxy) is 2. The topological polar surface area (TPSA) is 119 Å². The van der Waals surface area contributed by atoms with Crippen molar-refractivity contribution in [1.29, 1.82) is 0 Å². The summed E-state index contributed by atoms with van der Waals surface area (Å²) in [6.07, 6.45) is 1.66. The summed E-state index contributed by atoms with van der Waals surface area (Å²) in [6.45, 7) is 0.141. The minimum Gasteiger partial charge on any atom is -0.488 e. The summed E-state index contributed by atoms with van der Waals surface area (Å²) in [7, 11) is 1.39. The molecule has 9 heteroatoms. The Morgan fingerprint density at radius 3 is 2.44 bits per heavy atom. The van der Waals surface area contributed by atoms with Gasteiger partial charge in [-0.3, -0.25) is 34.2 Å². The lowest BCUT2D eigenvalue weighted by Gasteiger charge is -2.27. The Morgan fingerprint density at radius 2 is 1.79 bits per heavy atom. The number of hydrogen-bond acceptors (Lipinski definition) is 7. The third kappa shape index (κ3) is 3.44. The molecule has 1 unspecified atom stereocenters. The average molecular weight is 462 g/mol. The molecule has 0 bridgehead atoms. The Bertz CT molecular complexity index is 1230. The molecule has 4 amide bonds. The fourth-order valence-corrected chi connectivity index (χ4v) is 4.62. The van der Waals surface area contributed by atoms with Crippen LogP contribution >= 0.6 is 0 Å². The first-order valence-corrected chi connectivity index (χ1v) is 11.0. The number of amides is 4. The second-order valence-electron chi connectivity index (χ2n) is 8.69. The summed E-state index contributed by atoms with van der Waals surface area (Å²) >= 11 is 0. The Kier molecular flexibility index (Phi) is 5.19. The summed E-state index contributed by atoms with van der Waals surface area (Å²) in [5.41, 5.74) is 1.43. The van der Waals surface area contributed by atoms with Crippen molar-refractivity contribution in [2.45, 2.75) is 43.7 Å². The molecule has 2 aromatic carbocycles. The number of hydrogen-bond donors (Lipinski definition) is 1. The van der Waals surface area contributed by atoms with Gasteiger partial charge in [-0.1, -0.05) is 30.3 Å². The molecule has 2 aromatic rings. The summed E-state index contributed by atoms with van der Waals surface area (Å²) in [4.78, 5) is 62.8. The molecule has 9 nitrogen and oxygen atoms in total. The number of nitrogens with one attached hydrogen (secondary N) is 1. The van der Waals surface area contributed by atoms with E-state index in [0.717, 1.165) is 28.9 Å². The van der Waals surface area contributed by atoms with Crippen LogP contribution in [-0.2, 0) is 31.1 Å². The average Bonchev–Trinajstić information content (AvgIpc) is 3.61. The van der Waals surface area contributed by atoms with E-state index < -0.39 is 35.1 Å². The van der Waals surface area contributed by atoms with Crippen molar-refractivity contribution in [1.82, 2.24) is 10.2 Å². The number of imide groups is 2. The quantitative estimate of drug-likeness (QED) is 0.514. The molecule has 3 aliphatic rings. The molecule has 2 aliphatic heterocycles. The number of piperidine rings is 1. The molecule has 1 aliphatic carbocycles. The van der Waals surface area contributed by atoms with Gasteiger partial charge in [0.15, 0.2) is 0 Å². The molecule has 2 fully saturated rings. The maximum Gasteiger partial charge on any atom is 0.316 e. The van der Waals surface area contributed by atoms with Crippen LogP contribution in [0.3, 0.4) is 0 Å². The van der Waals surface area contributed by atoms with Crippen molar-refractivity contribution < 1.29 is 33.4 Å². The van der Waals surface area contributed by atoms with Gasteiger partial charge in [-0.2, -0.15) is 0 Å². The van der Waals surface area contributed by atoms with E-state index in [-0.39, 0.29) is 42.3 Å². The number of rotatable bonds is 6. The maximum absolute atomic E-state index is 13.1. The molecule has 1 saturated carbocycles. The zero-order chi connectivity index (χ0) is 24.0. The van der Waals surface area contributed by atoms with Crippen molar-refractivity contribution >= 4 is 29.6 Å². The fraction of sp³-hybridized carbons (Fsp3) is 0.320. The molecule has 174 valence electrons. The summed E-state index contributed by atoms with van der Waals surface area (Å²) in [6, 6.07) is 11.1. The highest BCUT2D eigenvalue weighted by molar-refractivity contribution is 6.24. The Morgan fingerprint density at radius 1 is 1.06 bits per heavy atom. The highest BCUT2D eigenvalue weighted by atomic mass is 16.5. The van der Waals surface area contributed by atoms with Gasteiger partial charge in [0.05, 0.1) is 23.7 Å². The molecule has 1 N–H and O–H groups in total. The molecule has 1 saturated heterocycles. The summed E-state index contributed by atoms with van der Waals surface area (Å²) < 4.78 is 10.8. The number of methoxy groups -OCH3 is 1. The zero-order valence-corrected chi connectivity index (χ0v) is 18.5. The van der Waals surface area contributed by atoms with Crippen LogP contribution in [0, 0.1) is 0 Å². The number of esters is 1. The minimum absolute atomic E-state index is 0.0560. The molecule has 0 aromatic heterocycles. The minimum atomic E-state index is -1.03. The molecule has 5 rings (SSSR count). The van der Waals surface area contributed by atoms with Gasteiger partial charge in [-0.15, -0.1) is 0 Å². The van der Waals surface area contributed by atoms with Gasteiger partial charge in [0.1, 0.15) is 18.4 Å². The second-order valence-corrected chi connectivity index (χ2v) is 8.69. The van der Waals surface area contributed by atoms with Crippen molar-refractivity contribution in [3.63, 3.8) is 0 Å². The summed E-state index contributed by atoms with van der Waals surface area (Å²) in [5.74, 6) is -2.28. The van der Waals surface area contributed by atoms with Crippen molar-refractivity contribution in [3.8, 4) is 5.75 Å². The van der Waals surface area contributed by atoms with Crippen LogP contribution in [0.4, 0.5) is 0 Å². The van der Waals surface area contributed by atoms with Gasteiger partial charge in [0.2, 0.25) is 11.8 Å². The fourth-order valence-electron chi connectivity index (χ4n) is 4.62. The number of carbonyl (C=O) groups is 5. The smallest absolute Gasteiger partial charge is 0.316 e. The monoisotopic (exact) mass is 462 g/mol. The molecule has 34 heavy (non-hydrogen) atoms. The van der Waals surface area contributed by atoms with Gasteiger partial charge >= 0.3 is 5.97 Å². The van der Waals surface area contributed by atoms with Crippen molar-refractivity contribution in [2.75, 3.05) is 7.11 Å². The van der Waals surface area contributed by atoms with Gasteiger partial charge in [0.25, 0.3) is 11.8 Å². The van der Waals surface area contributed by atoms with E-state index in [1.54, 1.807) is 12.1 Å². The van der Waals surface area contributed by atoms with Crippen molar-refractivity contribution in [3.05, 3.63) is 64.7 Å². The first-order chi connectivity index (χ1) is 16.4. The van der Waals surface area contributed by atoms with E-state index in [1.807, 2.05) is 24.3 Å². The lowest BCUT2D eigenvalue weighted by atomic mass is 9.95. The zero-order valence-electron chi connectivity index (χ0n) is 18.5. The highest BCUT2D eigenvalue weighted by Gasteiger charge is 2.52. The molecular formula is C25H22N2O7. The Labute approximate surface area is 195 Å². The lowest BCUT2D eigenvalue weighted by molar-refractivity contribution is -0.143. The third-order valence-corrected chi connectivity index (χ3v) is 6.66. The first-order valence-electron chi connectivity index (χ1n) is 11.0. The van der Waals surface area contributed by atoms with E-state index >= 15 is 0 Å². The van der Waals surface area contributed by atoms with Gasteiger partial charge in [-0.05, 0) is 42.5 Å². The van der Waals surface area contributed by atoms with Gasteiger partial charge < -0.3 is 9.47 Å². The third-order valence-electron chi connectivity index (χ3n) is 6.66. The molecule has 0 radical (unpaired) electrons. The predicted molar refractivity (Wildman–Crippen MR) is 117 cm³/mol. The first kappa shape index (κ1) is 21.8. The predicted octanol–water partition coefficient (Wildman–Crippen LogP) is 1.87. The molecule has 2 heterocycles. The number of benzene rings is 2. The second kappa shape index (κ2) is 8.09. The number of nitrogens with zero attached hydrogens (tertiary/aromatic N) is 1. The van der Waals surface area contributed by atoms with E-state index in [2.05, 4.69) is 5.32 Å². The Hall–Kier alpha value is -4.01. The number of fused-ring (bicyclic) bond motifs is 1. The Balaban J connectivity index is 1.33. The van der Waals surface area contributed by atoms with E-state index in [9.17, 15) is 24.0 Å². The van der Waals surface area contributed by atoms with Crippen LogP contribution in [-0.4, -0.2) is 47.6 Å². The molecular weight excluding hydrogens is 440 g/mol. The standard InChI is InChI=1S/C25H22N2O7/c1-33-24(32)25(11-12-25)15-7-5-14(6-8-15)13-34-18-4-2-3-16-20(18)23(31)27(22(16)30)17-9-10-19(28)26-21(17)29/h2-8,17H,9-13H2,1H3,(H,26,28,29). The van der Waals surface area contributed by atoms with Crippen LogP contribution in [0.1, 0.15) is 57.5 Å². The largest absolute Gasteiger partial charge is 0.488 e. The molecule has 0 spiro atoms. The van der Waals surface area contributed by atoms with Gasteiger partial charge in [-0.25, -0.2) is 0 Å².